The minimum Gasteiger partial charge on any atom is -0.346 e. The van der Waals surface area contributed by atoms with Crippen LogP contribution >= 0.6 is 36.3 Å². The van der Waals surface area contributed by atoms with E-state index in [1.807, 2.05) is 11.8 Å². The molecule has 18 heavy (non-hydrogen) atoms. The van der Waals surface area contributed by atoms with Crippen molar-refractivity contribution in [2.24, 2.45) is 5.14 Å². The van der Waals surface area contributed by atoms with E-state index < -0.39 is 0 Å². The molecule has 5 heteroatoms. The fraction of sp³-hybridized carbons (Fsp3) is 0.538. The monoisotopic (exact) mass is 298 g/mol. The van der Waals surface area contributed by atoms with Gasteiger partial charge in [-0.25, -0.2) is 0 Å². The molecule has 1 unspecified atom stereocenters. The first-order chi connectivity index (χ1) is 8.81. The second kappa shape index (κ2) is 5.57. The molecule has 0 amide bonds. The fourth-order valence-corrected chi connectivity index (χ4v) is 5.25. The van der Waals surface area contributed by atoms with E-state index in [1.54, 1.807) is 0 Å². The standard InChI is InChI=1S/C13H18N2S3/c14-18-11-8-4-7-10-12(11)15(13(16)17-10)9-5-2-1-3-6-9/h4,7-9,13,16H,1-3,5-6,14H2. The van der Waals surface area contributed by atoms with Gasteiger partial charge in [0.15, 0.2) is 0 Å². The molecule has 98 valence electrons. The molecule has 1 heterocycles. The second-order valence-electron chi connectivity index (χ2n) is 4.86. The van der Waals surface area contributed by atoms with Gasteiger partial charge in [-0.3, -0.25) is 5.14 Å². The lowest BCUT2D eigenvalue weighted by Gasteiger charge is -2.36. The third-order valence-corrected chi connectivity index (χ3v) is 5.96. The Hall–Kier alpha value is 0.0300. The molecule has 1 aliphatic heterocycles. The van der Waals surface area contributed by atoms with E-state index in [9.17, 15) is 0 Å². The van der Waals surface area contributed by atoms with Crippen molar-refractivity contribution in [1.29, 1.82) is 0 Å². The molecule has 1 aromatic carbocycles. The van der Waals surface area contributed by atoms with Crippen LogP contribution in [0.5, 0.6) is 0 Å². The highest BCUT2D eigenvalue weighted by atomic mass is 32.2. The van der Waals surface area contributed by atoms with Crippen LogP contribution in [-0.2, 0) is 0 Å². The summed E-state index contributed by atoms with van der Waals surface area (Å²) in [6, 6.07) is 7.03. The Morgan fingerprint density at radius 2 is 2.06 bits per heavy atom. The minimum atomic E-state index is 0.247. The average molecular weight is 299 g/mol. The molecule has 1 saturated carbocycles. The minimum absolute atomic E-state index is 0.247. The number of nitrogens with two attached hydrogens (primary N) is 1. The maximum Gasteiger partial charge on any atom is 0.124 e. The molecule has 2 nitrogen and oxygen atoms in total. The number of fused-ring (bicyclic) bond motifs is 1. The second-order valence-corrected chi connectivity index (χ2v) is 7.50. The van der Waals surface area contributed by atoms with Gasteiger partial charge in [0.25, 0.3) is 0 Å². The summed E-state index contributed by atoms with van der Waals surface area (Å²) in [5, 5.41) is 5.82. The number of rotatable bonds is 2. The van der Waals surface area contributed by atoms with Crippen LogP contribution in [0.15, 0.2) is 28.0 Å². The number of benzene rings is 1. The van der Waals surface area contributed by atoms with Crippen molar-refractivity contribution in [2.75, 3.05) is 4.90 Å². The third-order valence-electron chi connectivity index (χ3n) is 3.79. The van der Waals surface area contributed by atoms with E-state index in [0.29, 0.717) is 6.04 Å². The zero-order chi connectivity index (χ0) is 12.5. The zero-order valence-electron chi connectivity index (χ0n) is 10.2. The van der Waals surface area contributed by atoms with Crippen molar-refractivity contribution in [3.63, 3.8) is 0 Å². The van der Waals surface area contributed by atoms with E-state index in [4.69, 9.17) is 17.8 Å². The lowest BCUT2D eigenvalue weighted by molar-refractivity contribution is 0.422. The molecule has 0 aromatic heterocycles. The number of hydrogen-bond donors (Lipinski definition) is 2. The molecule has 1 atom stereocenters. The van der Waals surface area contributed by atoms with Crippen molar-refractivity contribution in [3.05, 3.63) is 18.2 Å². The van der Waals surface area contributed by atoms with Crippen molar-refractivity contribution in [1.82, 2.24) is 0 Å². The first-order valence-electron chi connectivity index (χ1n) is 6.44. The number of thiol groups is 1. The lowest BCUT2D eigenvalue weighted by atomic mass is 9.94. The number of nitrogens with zero attached hydrogens (tertiary/aromatic N) is 1. The highest BCUT2D eigenvalue weighted by Crippen LogP contribution is 2.50. The van der Waals surface area contributed by atoms with E-state index in [-0.39, 0.29) is 4.71 Å². The molecule has 1 aliphatic carbocycles. The summed E-state index contributed by atoms with van der Waals surface area (Å²) in [4.78, 5) is 5.01. The Morgan fingerprint density at radius 3 is 2.78 bits per heavy atom. The summed E-state index contributed by atoms with van der Waals surface area (Å²) in [6.45, 7) is 0. The molecular formula is C13H18N2S3. The Bertz CT molecular complexity index is 432. The highest BCUT2D eigenvalue weighted by Gasteiger charge is 2.35. The van der Waals surface area contributed by atoms with Gasteiger partial charge in [0.1, 0.15) is 4.71 Å². The number of anilines is 1. The topological polar surface area (TPSA) is 29.3 Å². The maximum atomic E-state index is 5.82. The molecule has 2 N–H and O–H groups in total. The summed E-state index contributed by atoms with van der Waals surface area (Å²) >= 11 is 7.97. The molecule has 1 fully saturated rings. The van der Waals surface area contributed by atoms with Crippen molar-refractivity contribution < 1.29 is 0 Å². The molecule has 0 saturated heterocycles. The van der Waals surface area contributed by atoms with E-state index in [0.717, 1.165) is 0 Å². The Morgan fingerprint density at radius 1 is 1.28 bits per heavy atom. The summed E-state index contributed by atoms with van der Waals surface area (Å²) in [6.07, 6.45) is 6.66. The quantitative estimate of drug-likeness (QED) is 0.635. The summed E-state index contributed by atoms with van der Waals surface area (Å²) in [5.74, 6) is 0. The van der Waals surface area contributed by atoms with Crippen LogP contribution in [0.4, 0.5) is 5.69 Å². The van der Waals surface area contributed by atoms with Crippen LogP contribution in [-0.4, -0.2) is 10.7 Å². The van der Waals surface area contributed by atoms with Gasteiger partial charge in [-0.1, -0.05) is 37.1 Å². The average Bonchev–Trinajstić information content (AvgIpc) is 2.75. The van der Waals surface area contributed by atoms with Gasteiger partial charge in [-0.2, -0.15) is 0 Å². The molecule has 1 aromatic rings. The molecule has 0 spiro atoms. The first kappa shape index (κ1) is 13.0. The van der Waals surface area contributed by atoms with Gasteiger partial charge in [-0.05, 0) is 36.9 Å². The van der Waals surface area contributed by atoms with E-state index >= 15 is 0 Å². The number of hydrogen-bond acceptors (Lipinski definition) is 5. The Labute approximate surface area is 123 Å². The number of thioether (sulfide) groups is 1. The van der Waals surface area contributed by atoms with Gasteiger partial charge in [0.2, 0.25) is 0 Å². The normalized spacial score (nSPS) is 24.3. The highest BCUT2D eigenvalue weighted by molar-refractivity contribution is 8.11. The van der Waals surface area contributed by atoms with Gasteiger partial charge in [0.05, 0.1) is 5.69 Å². The largest absolute Gasteiger partial charge is 0.346 e. The van der Waals surface area contributed by atoms with E-state index in [1.165, 1.54) is 59.5 Å². The van der Waals surface area contributed by atoms with Crippen LogP contribution in [0.25, 0.3) is 0 Å². The number of para-hydroxylation sites is 1. The van der Waals surface area contributed by atoms with Crippen molar-refractivity contribution in [2.45, 2.75) is 52.6 Å². The first-order valence-corrected chi connectivity index (χ1v) is 8.71. The zero-order valence-corrected chi connectivity index (χ0v) is 12.7. The SMILES string of the molecule is NSc1cccc2c1N(C1CCCCC1)C(S)S2. The summed E-state index contributed by atoms with van der Waals surface area (Å²) in [5.41, 5.74) is 1.32. The predicted octanol–water partition coefficient (Wildman–Crippen LogP) is 4.11. The third kappa shape index (κ3) is 2.26. The summed E-state index contributed by atoms with van der Waals surface area (Å²) in [7, 11) is 0. The molecule has 0 radical (unpaired) electrons. The Balaban J connectivity index is 1.96. The van der Waals surface area contributed by atoms with Crippen LogP contribution in [0.3, 0.4) is 0 Å². The predicted molar refractivity (Wildman–Crippen MR) is 84.5 cm³/mol. The lowest BCUT2D eigenvalue weighted by Crippen LogP contribution is -2.38. The maximum absolute atomic E-state index is 5.82. The molecule has 2 aliphatic rings. The van der Waals surface area contributed by atoms with E-state index in [2.05, 4.69) is 23.1 Å². The van der Waals surface area contributed by atoms with Crippen LogP contribution in [0, 0.1) is 0 Å². The van der Waals surface area contributed by atoms with Crippen molar-refractivity contribution in [3.8, 4) is 0 Å². The van der Waals surface area contributed by atoms with Crippen LogP contribution in [0.1, 0.15) is 32.1 Å². The fourth-order valence-electron chi connectivity index (χ4n) is 2.95. The smallest absolute Gasteiger partial charge is 0.124 e. The molecule has 0 bridgehead atoms. The van der Waals surface area contributed by atoms with Gasteiger partial charge < -0.3 is 4.90 Å². The van der Waals surface area contributed by atoms with Gasteiger partial charge in [-0.15, -0.1) is 12.6 Å². The van der Waals surface area contributed by atoms with Gasteiger partial charge >= 0.3 is 0 Å². The van der Waals surface area contributed by atoms with Gasteiger partial charge in [0, 0.05) is 15.8 Å². The molecule has 3 rings (SSSR count). The summed E-state index contributed by atoms with van der Waals surface area (Å²) < 4.78 is 0.247. The molecular weight excluding hydrogens is 280 g/mol. The van der Waals surface area contributed by atoms with Crippen LogP contribution < -0.4 is 10.0 Å². The Kier molecular flexibility index (Phi) is 4.03. The van der Waals surface area contributed by atoms with Crippen LogP contribution in [0.2, 0.25) is 0 Å². The van der Waals surface area contributed by atoms with Crippen molar-refractivity contribution >= 4 is 42.0 Å².